The molecule has 3 N–H and O–H groups in total. The number of urea groups is 1. The highest BCUT2D eigenvalue weighted by molar-refractivity contribution is 7.12. The zero-order valence-corrected chi connectivity index (χ0v) is 18.0. The second kappa shape index (κ2) is 8.12. The second-order valence-electron chi connectivity index (χ2n) is 7.40. The van der Waals surface area contributed by atoms with Crippen molar-refractivity contribution in [3.8, 4) is 0 Å². The number of hydrogen-bond donors (Lipinski definition) is 3. The van der Waals surface area contributed by atoms with Gasteiger partial charge in [0, 0.05) is 26.2 Å². The minimum absolute atomic E-state index is 0.140. The Morgan fingerprint density at radius 1 is 1.37 bits per heavy atom. The van der Waals surface area contributed by atoms with Crippen LogP contribution in [0.3, 0.4) is 0 Å². The molecule has 0 spiro atoms. The molecule has 0 radical (unpaired) electrons. The summed E-state index contributed by atoms with van der Waals surface area (Å²) in [7, 11) is 0. The highest BCUT2D eigenvalue weighted by Gasteiger charge is 2.39. The maximum Gasteiger partial charge on any atom is 0.319 e. The molecule has 1 unspecified atom stereocenters. The summed E-state index contributed by atoms with van der Waals surface area (Å²) in [5.74, 6) is -0.316. The van der Waals surface area contributed by atoms with Crippen LogP contribution >= 0.6 is 22.9 Å². The van der Waals surface area contributed by atoms with Crippen LogP contribution in [-0.2, 0) is 17.9 Å². The van der Waals surface area contributed by atoms with E-state index in [1.165, 1.54) is 11.3 Å². The van der Waals surface area contributed by atoms with Crippen LogP contribution in [0.25, 0.3) is 0 Å². The molecule has 4 rings (SSSR count). The van der Waals surface area contributed by atoms with Gasteiger partial charge in [-0.15, -0.1) is 11.3 Å². The number of amides is 4. The Kier molecular flexibility index (Phi) is 5.53. The Morgan fingerprint density at radius 2 is 2.17 bits per heavy atom. The van der Waals surface area contributed by atoms with Crippen molar-refractivity contribution >= 4 is 46.5 Å². The maximum absolute atomic E-state index is 12.8. The van der Waals surface area contributed by atoms with E-state index >= 15 is 0 Å². The number of nitrogens with zero attached hydrogens (tertiary/aromatic N) is 1. The van der Waals surface area contributed by atoms with E-state index in [0.717, 1.165) is 15.3 Å². The van der Waals surface area contributed by atoms with Gasteiger partial charge in [0.15, 0.2) is 0 Å². The number of anilines is 1. The molecule has 1 aromatic carbocycles. The van der Waals surface area contributed by atoms with Gasteiger partial charge < -0.3 is 20.9 Å². The maximum atomic E-state index is 12.8. The Hall–Kier alpha value is -2.84. The first kappa shape index (κ1) is 20.4. The van der Waals surface area contributed by atoms with E-state index in [0.29, 0.717) is 47.9 Å². The number of thiophene rings is 1. The summed E-state index contributed by atoms with van der Waals surface area (Å²) >= 11 is 7.55. The van der Waals surface area contributed by atoms with Crippen molar-refractivity contribution in [3.05, 3.63) is 62.4 Å². The number of allylic oxidation sites excluding steroid dienone is 1. The van der Waals surface area contributed by atoms with Gasteiger partial charge in [0.25, 0.3) is 5.91 Å². The SMILES string of the molecule is C=C1CCC(N2Cc3sc(CNC(=O)Nc4ccc(C)c(Cl)c4)cc3C2=O)C(=O)N1. The number of rotatable bonds is 4. The van der Waals surface area contributed by atoms with Crippen molar-refractivity contribution in [2.24, 2.45) is 0 Å². The summed E-state index contributed by atoms with van der Waals surface area (Å²) in [6, 6.07) is 6.30. The molecule has 0 bridgehead atoms. The van der Waals surface area contributed by atoms with Crippen LogP contribution in [0.2, 0.25) is 5.02 Å². The third kappa shape index (κ3) is 4.06. The van der Waals surface area contributed by atoms with E-state index in [4.69, 9.17) is 11.6 Å². The van der Waals surface area contributed by atoms with Gasteiger partial charge in [-0.2, -0.15) is 0 Å². The normalized spacial score (nSPS) is 18.3. The summed E-state index contributed by atoms with van der Waals surface area (Å²) in [5, 5.41) is 8.84. The van der Waals surface area contributed by atoms with Crippen LogP contribution in [0.15, 0.2) is 36.5 Å². The number of piperidine rings is 1. The van der Waals surface area contributed by atoms with Gasteiger partial charge in [-0.3, -0.25) is 9.59 Å². The van der Waals surface area contributed by atoms with E-state index in [1.807, 2.05) is 13.0 Å². The van der Waals surface area contributed by atoms with Crippen molar-refractivity contribution in [2.75, 3.05) is 5.32 Å². The fraction of sp³-hybridized carbons (Fsp3) is 0.286. The topological polar surface area (TPSA) is 90.5 Å². The smallest absolute Gasteiger partial charge is 0.319 e. The number of halogens is 1. The molecule has 3 heterocycles. The highest BCUT2D eigenvalue weighted by Crippen LogP contribution is 2.34. The summed E-state index contributed by atoms with van der Waals surface area (Å²) in [4.78, 5) is 40.6. The molecule has 1 atom stereocenters. The van der Waals surface area contributed by atoms with Crippen molar-refractivity contribution in [3.63, 3.8) is 0 Å². The van der Waals surface area contributed by atoms with Gasteiger partial charge in [-0.25, -0.2) is 4.79 Å². The number of benzene rings is 1. The first-order chi connectivity index (χ1) is 14.3. The highest BCUT2D eigenvalue weighted by atomic mass is 35.5. The molecule has 2 aliphatic heterocycles. The monoisotopic (exact) mass is 444 g/mol. The zero-order valence-electron chi connectivity index (χ0n) is 16.4. The van der Waals surface area contributed by atoms with Gasteiger partial charge in [0.05, 0.1) is 18.7 Å². The molecule has 0 saturated carbocycles. The Labute approximate surface area is 183 Å². The zero-order chi connectivity index (χ0) is 21.4. The molecule has 1 fully saturated rings. The molecule has 0 aliphatic carbocycles. The summed E-state index contributed by atoms with van der Waals surface area (Å²) in [6.07, 6.45) is 1.26. The van der Waals surface area contributed by atoms with Gasteiger partial charge in [-0.05, 0) is 43.5 Å². The van der Waals surface area contributed by atoms with E-state index in [2.05, 4.69) is 22.5 Å². The average molecular weight is 445 g/mol. The number of hydrogen-bond acceptors (Lipinski definition) is 4. The van der Waals surface area contributed by atoms with Crippen molar-refractivity contribution in [2.45, 2.75) is 38.9 Å². The first-order valence-electron chi connectivity index (χ1n) is 9.54. The number of carbonyl (C=O) groups excluding carboxylic acids is 3. The Bertz CT molecular complexity index is 1060. The van der Waals surface area contributed by atoms with Crippen LogP contribution in [0.1, 0.15) is 38.5 Å². The summed E-state index contributed by atoms with van der Waals surface area (Å²) in [6.45, 7) is 6.39. The van der Waals surface area contributed by atoms with E-state index in [9.17, 15) is 14.4 Å². The number of aryl methyl sites for hydroxylation is 1. The molecule has 1 aromatic heterocycles. The van der Waals surface area contributed by atoms with E-state index in [-0.39, 0.29) is 17.8 Å². The quantitative estimate of drug-likeness (QED) is 0.670. The number of fused-ring (bicyclic) bond motifs is 1. The molecular formula is C21H21ClN4O3S. The molecule has 2 aromatic rings. The lowest BCUT2D eigenvalue weighted by Gasteiger charge is -2.31. The minimum Gasteiger partial charge on any atom is -0.333 e. The number of carbonyl (C=O) groups is 3. The van der Waals surface area contributed by atoms with Gasteiger partial charge in [0.1, 0.15) is 6.04 Å². The van der Waals surface area contributed by atoms with Crippen LogP contribution in [-0.4, -0.2) is 28.8 Å². The third-order valence-corrected chi connectivity index (χ3v) is 6.74. The lowest BCUT2D eigenvalue weighted by Crippen LogP contribution is -2.49. The number of nitrogens with one attached hydrogen (secondary N) is 3. The van der Waals surface area contributed by atoms with Crippen LogP contribution < -0.4 is 16.0 Å². The molecular weight excluding hydrogens is 424 g/mol. The molecule has 4 amide bonds. The van der Waals surface area contributed by atoms with Crippen molar-refractivity contribution in [1.29, 1.82) is 0 Å². The summed E-state index contributed by atoms with van der Waals surface area (Å²) < 4.78 is 0. The third-order valence-electron chi connectivity index (χ3n) is 5.22. The summed E-state index contributed by atoms with van der Waals surface area (Å²) in [5.41, 5.74) is 2.85. The fourth-order valence-electron chi connectivity index (χ4n) is 3.58. The predicted molar refractivity (Wildman–Crippen MR) is 117 cm³/mol. The second-order valence-corrected chi connectivity index (χ2v) is 9.03. The standard InChI is InChI=1S/C21H21ClN4O3S/c1-11-3-5-13(7-16(11)22)25-21(29)23-9-14-8-15-18(30-14)10-26(20(15)28)17-6-4-12(2)24-19(17)27/h3,5,7-8,17H,2,4,6,9-10H2,1H3,(H,24,27)(H2,23,25,29). The van der Waals surface area contributed by atoms with Gasteiger partial charge in [0.2, 0.25) is 5.91 Å². The van der Waals surface area contributed by atoms with Gasteiger partial charge >= 0.3 is 6.03 Å². The van der Waals surface area contributed by atoms with E-state index < -0.39 is 6.04 Å². The first-order valence-corrected chi connectivity index (χ1v) is 10.7. The molecule has 30 heavy (non-hydrogen) atoms. The van der Waals surface area contributed by atoms with Crippen LogP contribution in [0.4, 0.5) is 10.5 Å². The predicted octanol–water partition coefficient (Wildman–Crippen LogP) is 3.78. The van der Waals surface area contributed by atoms with E-state index in [1.54, 1.807) is 23.1 Å². The van der Waals surface area contributed by atoms with Crippen molar-refractivity contribution < 1.29 is 14.4 Å². The molecule has 2 aliphatic rings. The fourth-order valence-corrected chi connectivity index (χ4v) is 4.85. The Balaban J connectivity index is 1.34. The van der Waals surface area contributed by atoms with Crippen molar-refractivity contribution in [1.82, 2.24) is 15.5 Å². The molecule has 7 nitrogen and oxygen atoms in total. The lowest BCUT2D eigenvalue weighted by atomic mass is 10.0. The molecule has 1 saturated heterocycles. The molecule has 156 valence electrons. The lowest BCUT2D eigenvalue weighted by molar-refractivity contribution is -0.126. The van der Waals surface area contributed by atoms with Crippen LogP contribution in [0, 0.1) is 6.92 Å². The molecule has 9 heteroatoms. The Morgan fingerprint density at radius 3 is 2.87 bits per heavy atom. The average Bonchev–Trinajstić information content (AvgIpc) is 3.22. The minimum atomic E-state index is -0.462. The largest absolute Gasteiger partial charge is 0.333 e. The van der Waals surface area contributed by atoms with Crippen LogP contribution in [0.5, 0.6) is 0 Å². The van der Waals surface area contributed by atoms with Gasteiger partial charge in [-0.1, -0.05) is 24.2 Å².